The zero-order chi connectivity index (χ0) is 42.0. The van der Waals surface area contributed by atoms with Crippen LogP contribution in [0.2, 0.25) is 0 Å². The van der Waals surface area contributed by atoms with Gasteiger partial charge < -0.3 is 18.9 Å². The van der Waals surface area contributed by atoms with Crippen LogP contribution in [0, 0.1) is 0 Å². The third kappa shape index (κ3) is 45.0. The molecule has 1 N–H and O–H groups in total. The van der Waals surface area contributed by atoms with Gasteiger partial charge in [-0.25, -0.2) is 4.57 Å². The maximum absolute atomic E-state index is 12.5. The first-order valence-electron chi connectivity index (χ1n) is 23.1. The van der Waals surface area contributed by atoms with Crippen LogP contribution in [0.5, 0.6) is 0 Å². The van der Waals surface area contributed by atoms with Crippen molar-refractivity contribution in [2.75, 3.05) is 47.5 Å². The monoisotopic (exact) mass is 823 g/mol. The Hall–Kier alpha value is -1.96. The summed E-state index contributed by atoms with van der Waals surface area (Å²) in [4.78, 5) is 22.7. The Morgan fingerprint density at radius 3 is 1.49 bits per heavy atom. The van der Waals surface area contributed by atoms with Crippen LogP contribution in [-0.4, -0.2) is 69.0 Å². The van der Waals surface area contributed by atoms with Crippen molar-refractivity contribution in [1.82, 2.24) is 0 Å². The molecule has 0 saturated heterocycles. The average Bonchev–Trinajstić information content (AvgIpc) is 3.17. The van der Waals surface area contributed by atoms with Crippen molar-refractivity contribution in [2.24, 2.45) is 0 Å². The fourth-order valence-electron chi connectivity index (χ4n) is 5.99. The molecule has 2 atom stereocenters. The van der Waals surface area contributed by atoms with E-state index in [1.165, 1.54) is 109 Å². The van der Waals surface area contributed by atoms with Crippen molar-refractivity contribution in [1.29, 1.82) is 0 Å². The van der Waals surface area contributed by atoms with Crippen molar-refractivity contribution in [3.63, 3.8) is 0 Å². The van der Waals surface area contributed by atoms with E-state index >= 15 is 0 Å². The first-order valence-corrected chi connectivity index (χ1v) is 24.6. The second-order valence-electron chi connectivity index (χ2n) is 16.5. The van der Waals surface area contributed by atoms with E-state index in [2.05, 4.69) is 62.5 Å². The maximum Gasteiger partial charge on any atom is 0.472 e. The number of carbonyl (C=O) groups excluding carboxylic acids is 1. The van der Waals surface area contributed by atoms with E-state index in [0.717, 1.165) is 57.8 Å². The highest BCUT2D eigenvalue weighted by atomic mass is 31.2. The molecule has 0 rings (SSSR count). The smallest absolute Gasteiger partial charge is 0.472 e. The second kappa shape index (κ2) is 40.8. The van der Waals surface area contributed by atoms with Crippen LogP contribution >= 0.6 is 7.82 Å². The molecular weight excluding hydrogens is 734 g/mol. The lowest BCUT2D eigenvalue weighted by Crippen LogP contribution is -2.37. The number of ether oxygens (including phenoxy) is 2. The van der Waals surface area contributed by atoms with E-state index in [1.54, 1.807) is 6.26 Å². The highest BCUT2D eigenvalue weighted by Crippen LogP contribution is 2.43. The van der Waals surface area contributed by atoms with E-state index in [1.807, 2.05) is 27.2 Å². The van der Waals surface area contributed by atoms with Gasteiger partial charge in [-0.3, -0.25) is 13.8 Å². The number of hydrogen-bond acceptors (Lipinski definition) is 6. The number of nitrogens with zero attached hydrogens (tertiary/aromatic N) is 1. The lowest BCUT2D eigenvalue weighted by Gasteiger charge is -2.24. The average molecular weight is 823 g/mol. The number of hydrogen-bond donors (Lipinski definition) is 1. The van der Waals surface area contributed by atoms with Gasteiger partial charge in [0.25, 0.3) is 0 Å². The Kier molecular flexibility index (Phi) is 39.4. The van der Waals surface area contributed by atoms with Gasteiger partial charge in [-0.2, -0.15) is 0 Å². The normalized spacial score (nSPS) is 14.2. The number of carbonyl (C=O) groups is 1. The molecule has 0 aliphatic rings. The number of likely N-dealkylation sites (N-methyl/N-ethyl adjacent to an activating group) is 1. The Balaban J connectivity index is 4.32. The number of quaternary nitrogens is 1. The molecule has 0 aromatic rings. The van der Waals surface area contributed by atoms with Gasteiger partial charge in [0.05, 0.1) is 34.0 Å². The lowest BCUT2D eigenvalue weighted by molar-refractivity contribution is -0.870. The van der Waals surface area contributed by atoms with Crippen molar-refractivity contribution in [3.8, 4) is 0 Å². The number of rotatable bonds is 42. The quantitative estimate of drug-likeness (QED) is 0.0164. The molecule has 0 aliphatic carbocycles. The molecule has 0 aliphatic heterocycles. The van der Waals surface area contributed by atoms with Crippen LogP contribution in [-0.2, 0) is 27.9 Å². The Bertz CT molecular complexity index is 1090. The molecule has 0 radical (unpaired) electrons. The second-order valence-corrected chi connectivity index (χ2v) is 18.0. The molecule has 0 aromatic carbocycles. The lowest BCUT2D eigenvalue weighted by atomic mass is 10.0. The van der Waals surface area contributed by atoms with Crippen LogP contribution in [0.3, 0.4) is 0 Å². The molecule has 332 valence electrons. The summed E-state index contributed by atoms with van der Waals surface area (Å²) >= 11 is 0. The minimum atomic E-state index is -4.28. The number of esters is 1. The van der Waals surface area contributed by atoms with Crippen molar-refractivity contribution >= 4 is 13.8 Å². The molecule has 0 fully saturated rings. The molecule has 0 heterocycles. The van der Waals surface area contributed by atoms with E-state index < -0.39 is 13.9 Å². The Labute approximate surface area is 351 Å². The fourth-order valence-corrected chi connectivity index (χ4v) is 6.73. The van der Waals surface area contributed by atoms with Crippen molar-refractivity contribution < 1.29 is 37.3 Å². The molecule has 0 bridgehead atoms. The number of phosphoric ester groups is 1. The van der Waals surface area contributed by atoms with Crippen LogP contribution < -0.4 is 0 Å². The Morgan fingerprint density at radius 2 is 0.982 bits per heavy atom. The summed E-state index contributed by atoms with van der Waals surface area (Å²) in [5, 5.41) is 0. The van der Waals surface area contributed by atoms with Crippen molar-refractivity contribution in [2.45, 2.75) is 193 Å². The summed E-state index contributed by atoms with van der Waals surface area (Å²) in [6.07, 6.45) is 52.1. The highest BCUT2D eigenvalue weighted by Gasteiger charge is 2.25. The summed E-state index contributed by atoms with van der Waals surface area (Å²) in [5.41, 5.74) is 0. The van der Waals surface area contributed by atoms with E-state index in [0.29, 0.717) is 17.4 Å². The summed E-state index contributed by atoms with van der Waals surface area (Å²) < 4.78 is 34.8. The number of phosphoric acid groups is 1. The first kappa shape index (κ1) is 55.0. The molecule has 0 spiro atoms. The maximum atomic E-state index is 12.5. The largest absolute Gasteiger partial charge is 0.492 e. The molecular formula is C48H89NO7P+. The van der Waals surface area contributed by atoms with Gasteiger partial charge in [0.15, 0.2) is 6.10 Å². The third-order valence-corrected chi connectivity index (χ3v) is 10.7. The molecule has 57 heavy (non-hydrogen) atoms. The van der Waals surface area contributed by atoms with E-state index in [4.69, 9.17) is 18.5 Å². The number of allylic oxidation sites excluding steroid dienone is 9. The van der Waals surface area contributed by atoms with E-state index in [9.17, 15) is 14.3 Å². The molecule has 9 heteroatoms. The standard InChI is InChI=1S/C48H88NO7P/c1-6-8-10-12-14-16-18-20-22-24-25-26-27-29-31-33-35-37-39-41-48(50)54-45-47(46-56-57(51,52)55-44-42-49(3,4)5)53-43-40-38-36-34-32-30-28-23-21-19-17-15-13-11-9-7-2/h14,16,20,22,25-26,29,31,40,43,47H,6-13,15,17-19,21,23-24,27-28,30,32-39,41-42,44-46H2,1-5H3/p+1/b16-14-,22-20-,26-25-,31-29-,43-40-. The molecule has 0 aromatic heterocycles. The van der Waals surface area contributed by atoms with Gasteiger partial charge >= 0.3 is 13.8 Å². The first-order chi connectivity index (χ1) is 27.6. The van der Waals surface area contributed by atoms with E-state index in [-0.39, 0.29) is 25.8 Å². The fraction of sp³-hybridized carbons (Fsp3) is 0.771. The Morgan fingerprint density at radius 1 is 0.561 bits per heavy atom. The van der Waals surface area contributed by atoms with Gasteiger partial charge in [-0.1, -0.05) is 165 Å². The molecule has 2 unspecified atom stereocenters. The molecule has 8 nitrogen and oxygen atoms in total. The van der Waals surface area contributed by atoms with Gasteiger partial charge in [0, 0.05) is 6.42 Å². The summed E-state index contributed by atoms with van der Waals surface area (Å²) in [6.45, 7) is 4.84. The predicted molar refractivity (Wildman–Crippen MR) is 242 cm³/mol. The topological polar surface area (TPSA) is 91.3 Å². The minimum Gasteiger partial charge on any atom is -0.492 e. The van der Waals surface area contributed by atoms with Crippen LogP contribution in [0.15, 0.2) is 60.9 Å². The predicted octanol–water partition coefficient (Wildman–Crippen LogP) is 14.1. The zero-order valence-electron chi connectivity index (χ0n) is 37.6. The highest BCUT2D eigenvalue weighted by molar-refractivity contribution is 7.47. The van der Waals surface area contributed by atoms with Crippen LogP contribution in [0.4, 0.5) is 0 Å². The van der Waals surface area contributed by atoms with Gasteiger partial charge in [0.2, 0.25) is 0 Å². The molecule has 0 saturated carbocycles. The zero-order valence-corrected chi connectivity index (χ0v) is 38.5. The summed E-state index contributed by atoms with van der Waals surface area (Å²) in [7, 11) is 1.65. The van der Waals surface area contributed by atoms with Gasteiger partial charge in [-0.15, -0.1) is 0 Å². The van der Waals surface area contributed by atoms with Crippen molar-refractivity contribution in [3.05, 3.63) is 60.9 Å². The number of unbranched alkanes of at least 4 members (excludes halogenated alkanes) is 20. The summed E-state index contributed by atoms with van der Waals surface area (Å²) in [6, 6.07) is 0. The van der Waals surface area contributed by atoms with Crippen LogP contribution in [0.1, 0.15) is 187 Å². The third-order valence-electron chi connectivity index (χ3n) is 9.67. The SMILES string of the molecule is CCCCC/C=C\C/C=C\C/C=C\C/C=C\CCCCCC(=O)OCC(COP(=O)(O)OCC[N+](C)(C)C)O/C=C\CCCCCCCCCCCCCCCC. The van der Waals surface area contributed by atoms with Gasteiger partial charge in [-0.05, 0) is 70.3 Å². The molecule has 0 amide bonds. The summed E-state index contributed by atoms with van der Waals surface area (Å²) in [5.74, 6) is -0.306. The minimum absolute atomic E-state index is 0.0663. The van der Waals surface area contributed by atoms with Gasteiger partial charge in [0.1, 0.15) is 19.8 Å². The van der Waals surface area contributed by atoms with Crippen LogP contribution in [0.25, 0.3) is 0 Å².